The van der Waals surface area contributed by atoms with Crippen LogP contribution in [0, 0.1) is 6.92 Å². The topological polar surface area (TPSA) is 70.2 Å². The Labute approximate surface area is 195 Å². The molecule has 2 aromatic carbocycles. The van der Waals surface area contributed by atoms with Crippen LogP contribution < -0.4 is 10.1 Å². The monoisotopic (exact) mass is 444 g/mol. The Morgan fingerprint density at radius 3 is 2.85 bits per heavy atom. The van der Waals surface area contributed by atoms with Gasteiger partial charge in [0.25, 0.3) is 5.91 Å². The lowest BCUT2D eigenvalue weighted by Crippen LogP contribution is -2.49. The van der Waals surface area contributed by atoms with Crippen LogP contribution in [0.3, 0.4) is 0 Å². The molecule has 0 bridgehead atoms. The Kier molecular flexibility index (Phi) is 5.28. The summed E-state index contributed by atoms with van der Waals surface area (Å²) in [4.78, 5) is 23.4. The first-order chi connectivity index (χ1) is 15.9. The molecule has 2 aliphatic rings. The third-order valence-electron chi connectivity index (χ3n) is 7.39. The van der Waals surface area contributed by atoms with Gasteiger partial charge in [-0.2, -0.15) is 0 Å². The van der Waals surface area contributed by atoms with Crippen LogP contribution in [-0.4, -0.2) is 38.4 Å². The number of hydrogen-bond donors (Lipinski definition) is 2. The zero-order chi connectivity index (χ0) is 23.2. The molecule has 1 unspecified atom stereocenters. The number of aromatic nitrogens is 2. The molecular formula is C27H32N4O2. The van der Waals surface area contributed by atoms with E-state index < -0.39 is 0 Å². The second-order valence-corrected chi connectivity index (χ2v) is 9.55. The van der Waals surface area contributed by atoms with Gasteiger partial charge in [0.2, 0.25) is 0 Å². The second kappa shape index (κ2) is 8.03. The molecule has 1 amide bonds. The molecule has 2 N–H and O–H groups in total. The van der Waals surface area contributed by atoms with Crippen LogP contribution in [-0.2, 0) is 6.54 Å². The molecule has 6 heteroatoms. The number of aromatic amines is 1. The van der Waals surface area contributed by atoms with E-state index in [2.05, 4.69) is 51.9 Å². The largest absolute Gasteiger partial charge is 0.462 e. The number of carbonyl (C=O) groups excluding carboxylic acids is 1. The molecule has 0 saturated heterocycles. The van der Waals surface area contributed by atoms with Gasteiger partial charge in [-0.1, -0.05) is 30.8 Å². The third-order valence-corrected chi connectivity index (χ3v) is 7.39. The van der Waals surface area contributed by atoms with Crippen molar-refractivity contribution in [1.82, 2.24) is 20.2 Å². The summed E-state index contributed by atoms with van der Waals surface area (Å²) in [5.74, 6) is 1.96. The molecule has 0 spiro atoms. The molecule has 2 atom stereocenters. The van der Waals surface area contributed by atoms with Crippen molar-refractivity contribution in [3.05, 3.63) is 71.8 Å². The average Bonchev–Trinajstić information content (AvgIpc) is 3.09. The van der Waals surface area contributed by atoms with Crippen molar-refractivity contribution in [1.29, 1.82) is 0 Å². The molecular weight excluding hydrogens is 412 g/mol. The second-order valence-electron chi connectivity index (χ2n) is 9.55. The van der Waals surface area contributed by atoms with Gasteiger partial charge in [-0.3, -0.25) is 4.79 Å². The number of nitrogens with zero attached hydrogens (tertiary/aromatic N) is 2. The van der Waals surface area contributed by atoms with Crippen molar-refractivity contribution in [3.63, 3.8) is 0 Å². The standard InChI is InChI=1S/C27H32N4O2/c1-5-31(25(32)24-29-21-9-6-7-10-22(21)30-24)27-14-8-13-26(27,17-27)28-16-20-12-11-19(4)23(15-20)33-18(2)3/h6-7,9-12,15,28H,2,5,8,13-14,16-17H2,1,3-4H3,(H,29,30)/t26?,27-/m0/s1. The van der Waals surface area contributed by atoms with E-state index in [-0.39, 0.29) is 17.0 Å². The minimum atomic E-state index is -0.139. The fourth-order valence-electron chi connectivity index (χ4n) is 5.74. The minimum Gasteiger partial charge on any atom is -0.462 e. The number of H-pyrrole nitrogens is 1. The molecule has 6 nitrogen and oxygen atoms in total. The molecule has 1 heterocycles. The number of likely N-dealkylation sites (N-methyl/N-ethyl adjacent to an activating group) is 1. The lowest BCUT2D eigenvalue weighted by Gasteiger charge is -2.32. The van der Waals surface area contributed by atoms with Crippen molar-refractivity contribution in [3.8, 4) is 5.75 Å². The van der Waals surface area contributed by atoms with Crippen LogP contribution in [0.1, 0.15) is 61.3 Å². The first kappa shape index (κ1) is 21.7. The highest BCUT2D eigenvalue weighted by atomic mass is 16.5. The third kappa shape index (κ3) is 3.62. The summed E-state index contributed by atoms with van der Waals surface area (Å²) in [6, 6.07) is 14.1. The summed E-state index contributed by atoms with van der Waals surface area (Å²) in [5, 5.41) is 3.83. The van der Waals surface area contributed by atoms with Gasteiger partial charge in [-0.05, 0) is 75.8 Å². The van der Waals surface area contributed by atoms with Crippen molar-refractivity contribution >= 4 is 16.9 Å². The summed E-state index contributed by atoms with van der Waals surface area (Å²) in [6.45, 7) is 11.2. The van der Waals surface area contributed by atoms with Crippen LogP contribution >= 0.6 is 0 Å². The maximum absolute atomic E-state index is 13.5. The van der Waals surface area contributed by atoms with Crippen LogP contribution in [0.15, 0.2) is 54.8 Å². The quantitative estimate of drug-likeness (QED) is 0.474. The number of imidazole rings is 1. The zero-order valence-electron chi connectivity index (χ0n) is 19.7. The van der Waals surface area contributed by atoms with E-state index in [9.17, 15) is 4.79 Å². The smallest absolute Gasteiger partial charge is 0.290 e. The van der Waals surface area contributed by atoms with Gasteiger partial charge in [0.15, 0.2) is 5.82 Å². The lowest BCUT2D eigenvalue weighted by atomic mass is 10.1. The fraction of sp³-hybridized carbons (Fsp3) is 0.407. The number of fused-ring (bicyclic) bond motifs is 2. The number of amides is 1. The highest BCUT2D eigenvalue weighted by Gasteiger charge is 2.73. The maximum Gasteiger partial charge on any atom is 0.290 e. The molecule has 2 saturated carbocycles. The number of allylic oxidation sites excluding steroid dienone is 1. The predicted octanol–water partition coefficient (Wildman–Crippen LogP) is 5.10. The van der Waals surface area contributed by atoms with E-state index in [1.165, 1.54) is 5.56 Å². The molecule has 172 valence electrons. The highest BCUT2D eigenvalue weighted by Crippen LogP contribution is 2.63. The number of nitrogens with one attached hydrogen (secondary N) is 2. The maximum atomic E-state index is 13.5. The van der Waals surface area contributed by atoms with E-state index in [0.717, 1.165) is 54.6 Å². The number of hydrogen-bond acceptors (Lipinski definition) is 4. The van der Waals surface area contributed by atoms with Gasteiger partial charge in [0.1, 0.15) is 5.75 Å². The number of ether oxygens (including phenoxy) is 1. The van der Waals surface area contributed by atoms with Gasteiger partial charge in [0.05, 0.1) is 22.3 Å². The summed E-state index contributed by atoms with van der Waals surface area (Å²) in [5.41, 5.74) is 3.81. The molecule has 0 radical (unpaired) electrons. The molecule has 3 aromatic rings. The van der Waals surface area contributed by atoms with Crippen molar-refractivity contribution in [2.45, 2.75) is 64.1 Å². The van der Waals surface area contributed by atoms with Gasteiger partial charge in [-0.25, -0.2) is 4.98 Å². The van der Waals surface area contributed by atoms with Crippen molar-refractivity contribution in [2.24, 2.45) is 0 Å². The summed E-state index contributed by atoms with van der Waals surface area (Å²) in [7, 11) is 0. The Morgan fingerprint density at radius 1 is 1.27 bits per heavy atom. The molecule has 33 heavy (non-hydrogen) atoms. The fourth-order valence-corrected chi connectivity index (χ4v) is 5.74. The summed E-state index contributed by atoms with van der Waals surface area (Å²) < 4.78 is 5.79. The number of benzene rings is 2. The molecule has 0 aliphatic heterocycles. The SMILES string of the molecule is C=C(C)Oc1cc(CNC23CCC[C@]2(N(CC)C(=O)c2nc4ccccc4[nH]2)C3)ccc1C. The van der Waals surface area contributed by atoms with Crippen molar-refractivity contribution in [2.75, 3.05) is 6.54 Å². The normalized spacial score (nSPS) is 23.4. The molecule has 2 fully saturated rings. The molecule has 1 aromatic heterocycles. The minimum absolute atomic E-state index is 0.00763. The molecule has 5 rings (SSSR count). The number of rotatable bonds is 8. The van der Waals surface area contributed by atoms with E-state index in [0.29, 0.717) is 18.1 Å². The first-order valence-electron chi connectivity index (χ1n) is 11.8. The van der Waals surface area contributed by atoms with Crippen LogP contribution in [0.25, 0.3) is 11.0 Å². The van der Waals surface area contributed by atoms with E-state index in [1.807, 2.05) is 38.1 Å². The van der Waals surface area contributed by atoms with Gasteiger partial charge in [0, 0.05) is 18.6 Å². The van der Waals surface area contributed by atoms with Crippen LogP contribution in [0.4, 0.5) is 0 Å². The molecule has 2 aliphatic carbocycles. The van der Waals surface area contributed by atoms with E-state index in [1.54, 1.807) is 0 Å². The average molecular weight is 445 g/mol. The Bertz CT molecular complexity index is 1200. The number of para-hydroxylation sites is 2. The van der Waals surface area contributed by atoms with Crippen LogP contribution in [0.5, 0.6) is 5.75 Å². The highest BCUT2D eigenvalue weighted by molar-refractivity contribution is 5.95. The Morgan fingerprint density at radius 2 is 2.09 bits per heavy atom. The van der Waals surface area contributed by atoms with Gasteiger partial charge >= 0.3 is 0 Å². The van der Waals surface area contributed by atoms with Gasteiger partial charge in [-0.15, -0.1) is 0 Å². The summed E-state index contributed by atoms with van der Waals surface area (Å²) >= 11 is 0. The zero-order valence-corrected chi connectivity index (χ0v) is 19.7. The Hall–Kier alpha value is -3.12. The number of carbonyl (C=O) groups is 1. The first-order valence-corrected chi connectivity index (χ1v) is 11.8. The van der Waals surface area contributed by atoms with Gasteiger partial charge < -0.3 is 19.9 Å². The number of aryl methyl sites for hydroxylation is 1. The van der Waals surface area contributed by atoms with Crippen LogP contribution in [0.2, 0.25) is 0 Å². The van der Waals surface area contributed by atoms with E-state index in [4.69, 9.17) is 4.74 Å². The predicted molar refractivity (Wildman–Crippen MR) is 130 cm³/mol. The Balaban J connectivity index is 1.35. The lowest BCUT2D eigenvalue weighted by molar-refractivity contribution is 0.0625. The summed E-state index contributed by atoms with van der Waals surface area (Å²) in [6.07, 6.45) is 4.21. The van der Waals surface area contributed by atoms with E-state index >= 15 is 0 Å². The van der Waals surface area contributed by atoms with Crippen molar-refractivity contribution < 1.29 is 9.53 Å².